The van der Waals surface area contributed by atoms with Crippen LogP contribution >= 0.6 is 11.8 Å². The van der Waals surface area contributed by atoms with Crippen LogP contribution in [0.3, 0.4) is 0 Å². The molecule has 7 nitrogen and oxygen atoms in total. The molecule has 0 saturated carbocycles. The van der Waals surface area contributed by atoms with Crippen molar-refractivity contribution in [2.45, 2.75) is 6.92 Å². The predicted molar refractivity (Wildman–Crippen MR) is 97.6 cm³/mol. The summed E-state index contributed by atoms with van der Waals surface area (Å²) < 4.78 is 10.3. The fourth-order valence-corrected chi connectivity index (χ4v) is 3.13. The van der Waals surface area contributed by atoms with Gasteiger partial charge in [-0.3, -0.25) is 19.3 Å². The first-order chi connectivity index (χ1) is 12.6. The molecule has 8 heteroatoms. The summed E-state index contributed by atoms with van der Waals surface area (Å²) in [7, 11) is 0. The van der Waals surface area contributed by atoms with Crippen LogP contribution in [0.25, 0.3) is 6.08 Å². The summed E-state index contributed by atoms with van der Waals surface area (Å²) in [5.41, 5.74) is 1.23. The molecule has 3 amide bonds. The van der Waals surface area contributed by atoms with Gasteiger partial charge in [0, 0.05) is 11.3 Å². The molecule has 0 spiro atoms. The summed E-state index contributed by atoms with van der Waals surface area (Å²) >= 11 is 0.796. The molecule has 26 heavy (non-hydrogen) atoms. The minimum absolute atomic E-state index is 0.255. The van der Waals surface area contributed by atoms with E-state index >= 15 is 0 Å². The number of anilines is 1. The van der Waals surface area contributed by atoms with Crippen LogP contribution < -0.4 is 10.1 Å². The molecular formula is C18H16N2O5S. The Morgan fingerprint density at radius 1 is 1.27 bits per heavy atom. The number of nitrogens with one attached hydrogen (secondary N) is 1. The van der Waals surface area contributed by atoms with Gasteiger partial charge in [0.1, 0.15) is 12.3 Å². The average Bonchev–Trinajstić information content (AvgIpc) is 3.21. The summed E-state index contributed by atoms with van der Waals surface area (Å²) in [5, 5.41) is 2.18. The lowest BCUT2D eigenvalue weighted by molar-refractivity contribution is -0.127. The summed E-state index contributed by atoms with van der Waals surface area (Å²) in [6.45, 7) is 2.09. The molecule has 0 bridgehead atoms. The minimum atomic E-state index is -0.497. The number of hydrogen-bond donors (Lipinski definition) is 1. The third kappa shape index (κ3) is 4.15. The molecule has 1 N–H and O–H groups in total. The van der Waals surface area contributed by atoms with Gasteiger partial charge in [0.15, 0.2) is 0 Å². The van der Waals surface area contributed by atoms with Gasteiger partial charge in [0.2, 0.25) is 5.91 Å². The van der Waals surface area contributed by atoms with Crippen LogP contribution in [0, 0.1) is 0 Å². The van der Waals surface area contributed by atoms with Gasteiger partial charge >= 0.3 is 0 Å². The highest BCUT2D eigenvalue weighted by Gasteiger charge is 2.36. The molecule has 1 aliphatic heterocycles. The van der Waals surface area contributed by atoms with Crippen molar-refractivity contribution in [1.82, 2.24) is 4.90 Å². The Morgan fingerprint density at radius 3 is 2.69 bits per heavy atom. The van der Waals surface area contributed by atoms with Crippen molar-refractivity contribution in [2.75, 3.05) is 18.5 Å². The molecule has 0 unspecified atom stereocenters. The number of amides is 3. The number of carbonyl (C=O) groups excluding carboxylic acids is 3. The second-order valence-electron chi connectivity index (χ2n) is 5.33. The molecule has 0 aliphatic carbocycles. The molecule has 1 aliphatic rings. The largest absolute Gasteiger partial charge is 0.494 e. The molecule has 1 aromatic heterocycles. The van der Waals surface area contributed by atoms with E-state index < -0.39 is 17.1 Å². The normalized spacial score (nSPS) is 15.6. The number of rotatable bonds is 6. The molecule has 134 valence electrons. The van der Waals surface area contributed by atoms with Gasteiger partial charge in [0.25, 0.3) is 11.1 Å². The number of hydrogen-bond acceptors (Lipinski definition) is 6. The zero-order valence-electron chi connectivity index (χ0n) is 13.9. The molecule has 2 aromatic rings. The summed E-state index contributed by atoms with van der Waals surface area (Å²) in [5.74, 6) is -0.259. The van der Waals surface area contributed by atoms with E-state index in [-0.39, 0.29) is 11.4 Å². The Labute approximate surface area is 154 Å². The first-order valence-electron chi connectivity index (χ1n) is 7.87. The maximum absolute atomic E-state index is 12.3. The van der Waals surface area contributed by atoms with E-state index in [1.807, 2.05) is 6.92 Å². The van der Waals surface area contributed by atoms with Crippen molar-refractivity contribution < 1.29 is 23.5 Å². The summed E-state index contributed by atoms with van der Waals surface area (Å²) in [6, 6.07) is 8.51. The van der Waals surface area contributed by atoms with Crippen LogP contribution in [-0.2, 0) is 9.59 Å². The maximum Gasteiger partial charge on any atom is 0.294 e. The molecule has 0 radical (unpaired) electrons. The number of ether oxygens (including phenoxy) is 1. The van der Waals surface area contributed by atoms with Crippen LogP contribution in [0.2, 0.25) is 0 Å². The standard InChI is InChI=1S/C18H16N2O5S/c1-2-25-14-5-3-13(4-6-14)19-16(21)10-20-17(22)15(26-18(20)23)9-12-7-8-24-11-12/h3-9,11H,2,10H2,1H3,(H,19,21)/b15-9+. The van der Waals surface area contributed by atoms with Crippen molar-refractivity contribution in [3.05, 3.63) is 53.3 Å². The van der Waals surface area contributed by atoms with Crippen molar-refractivity contribution in [3.63, 3.8) is 0 Å². The van der Waals surface area contributed by atoms with Crippen molar-refractivity contribution >= 4 is 40.6 Å². The number of thioether (sulfide) groups is 1. The highest BCUT2D eigenvalue weighted by Crippen LogP contribution is 2.32. The predicted octanol–water partition coefficient (Wildman–Crippen LogP) is 3.35. The lowest BCUT2D eigenvalue weighted by atomic mass is 10.3. The van der Waals surface area contributed by atoms with Gasteiger partial charge in [0.05, 0.1) is 24.0 Å². The Balaban J connectivity index is 1.62. The zero-order chi connectivity index (χ0) is 18.5. The molecule has 2 heterocycles. The van der Waals surface area contributed by atoms with E-state index in [0.29, 0.717) is 23.6 Å². The Kier molecular flexibility index (Phi) is 5.43. The van der Waals surface area contributed by atoms with Gasteiger partial charge in [-0.15, -0.1) is 0 Å². The average molecular weight is 372 g/mol. The number of imide groups is 1. The second-order valence-corrected chi connectivity index (χ2v) is 6.32. The number of benzene rings is 1. The Morgan fingerprint density at radius 2 is 2.04 bits per heavy atom. The minimum Gasteiger partial charge on any atom is -0.494 e. The van der Waals surface area contributed by atoms with Gasteiger partial charge < -0.3 is 14.5 Å². The first kappa shape index (κ1) is 17.8. The van der Waals surface area contributed by atoms with Crippen LogP contribution in [0.5, 0.6) is 5.75 Å². The lowest BCUT2D eigenvalue weighted by Gasteiger charge is -2.12. The van der Waals surface area contributed by atoms with E-state index in [1.165, 1.54) is 12.5 Å². The highest BCUT2D eigenvalue weighted by molar-refractivity contribution is 8.18. The third-order valence-corrected chi connectivity index (χ3v) is 4.37. The van der Waals surface area contributed by atoms with E-state index in [4.69, 9.17) is 9.15 Å². The van der Waals surface area contributed by atoms with E-state index in [0.717, 1.165) is 16.7 Å². The summed E-state index contributed by atoms with van der Waals surface area (Å²) in [6.07, 6.45) is 4.49. The highest BCUT2D eigenvalue weighted by atomic mass is 32.2. The van der Waals surface area contributed by atoms with Gasteiger partial charge in [-0.2, -0.15) is 0 Å². The van der Waals surface area contributed by atoms with Gasteiger partial charge in [-0.1, -0.05) is 0 Å². The molecular weight excluding hydrogens is 356 g/mol. The van der Waals surface area contributed by atoms with E-state index in [1.54, 1.807) is 36.4 Å². The SMILES string of the molecule is CCOc1ccc(NC(=O)CN2C(=O)S/C(=C/c3ccoc3)C2=O)cc1. The molecule has 0 atom stereocenters. The van der Waals surface area contributed by atoms with Crippen molar-refractivity contribution in [1.29, 1.82) is 0 Å². The fourth-order valence-electron chi connectivity index (χ4n) is 2.29. The Hall–Kier alpha value is -3.00. The molecule has 1 aromatic carbocycles. The van der Waals surface area contributed by atoms with E-state index in [9.17, 15) is 14.4 Å². The molecule has 3 rings (SSSR count). The fraction of sp³-hybridized carbons (Fsp3) is 0.167. The quantitative estimate of drug-likeness (QED) is 0.782. The second kappa shape index (κ2) is 7.92. The summed E-state index contributed by atoms with van der Waals surface area (Å²) in [4.78, 5) is 37.7. The molecule has 1 saturated heterocycles. The maximum atomic E-state index is 12.3. The van der Waals surface area contributed by atoms with Gasteiger partial charge in [-0.05, 0) is 55.1 Å². The van der Waals surface area contributed by atoms with Crippen LogP contribution in [0.4, 0.5) is 10.5 Å². The smallest absolute Gasteiger partial charge is 0.294 e. The van der Waals surface area contributed by atoms with E-state index in [2.05, 4.69) is 5.32 Å². The van der Waals surface area contributed by atoms with Gasteiger partial charge in [-0.25, -0.2) is 0 Å². The van der Waals surface area contributed by atoms with Crippen LogP contribution in [-0.4, -0.2) is 35.1 Å². The number of carbonyl (C=O) groups is 3. The Bertz CT molecular complexity index is 843. The monoisotopic (exact) mass is 372 g/mol. The number of furan rings is 1. The van der Waals surface area contributed by atoms with Crippen LogP contribution in [0.1, 0.15) is 12.5 Å². The topological polar surface area (TPSA) is 88.8 Å². The van der Waals surface area contributed by atoms with Crippen molar-refractivity contribution in [3.8, 4) is 5.75 Å². The third-order valence-electron chi connectivity index (χ3n) is 3.47. The van der Waals surface area contributed by atoms with Crippen molar-refractivity contribution in [2.24, 2.45) is 0 Å². The number of nitrogens with zero attached hydrogens (tertiary/aromatic N) is 1. The molecule has 1 fully saturated rings. The zero-order valence-corrected chi connectivity index (χ0v) is 14.7. The lowest BCUT2D eigenvalue weighted by Crippen LogP contribution is -2.36. The first-order valence-corrected chi connectivity index (χ1v) is 8.68. The van der Waals surface area contributed by atoms with Crippen LogP contribution in [0.15, 0.2) is 52.2 Å².